The molecule has 4 heteroatoms. The third-order valence-electron chi connectivity index (χ3n) is 4.52. The Morgan fingerprint density at radius 3 is 2.50 bits per heavy atom. The SMILES string of the molecule is CCCN1CCC(COC(=O)/N=C(\c2ccccc2)C(C)C)CC1. The number of amides is 1. The Morgan fingerprint density at radius 2 is 1.92 bits per heavy atom. The molecule has 24 heavy (non-hydrogen) atoms. The van der Waals surface area contributed by atoms with E-state index in [4.69, 9.17) is 4.74 Å². The van der Waals surface area contributed by atoms with Gasteiger partial charge < -0.3 is 9.64 Å². The van der Waals surface area contributed by atoms with Gasteiger partial charge in [-0.3, -0.25) is 0 Å². The van der Waals surface area contributed by atoms with E-state index in [1.165, 1.54) is 13.0 Å². The van der Waals surface area contributed by atoms with Gasteiger partial charge in [-0.2, -0.15) is 4.99 Å². The van der Waals surface area contributed by atoms with Crippen LogP contribution in [-0.2, 0) is 4.74 Å². The maximum absolute atomic E-state index is 12.1. The fourth-order valence-electron chi connectivity index (χ4n) is 3.15. The predicted octanol–water partition coefficient (Wildman–Crippen LogP) is 4.39. The summed E-state index contributed by atoms with van der Waals surface area (Å²) in [6.45, 7) is 10.2. The molecule has 0 radical (unpaired) electrons. The molecule has 1 saturated heterocycles. The van der Waals surface area contributed by atoms with Crippen LogP contribution in [0.25, 0.3) is 0 Å². The third-order valence-corrected chi connectivity index (χ3v) is 4.52. The fraction of sp³-hybridized carbons (Fsp3) is 0.600. The number of nitrogens with zero attached hydrogens (tertiary/aromatic N) is 2. The van der Waals surface area contributed by atoms with Crippen molar-refractivity contribution in [3.8, 4) is 0 Å². The van der Waals surface area contributed by atoms with Gasteiger partial charge in [0.2, 0.25) is 0 Å². The summed E-state index contributed by atoms with van der Waals surface area (Å²) in [4.78, 5) is 18.8. The van der Waals surface area contributed by atoms with E-state index in [-0.39, 0.29) is 5.92 Å². The number of benzene rings is 1. The number of hydrogen-bond donors (Lipinski definition) is 0. The Balaban J connectivity index is 1.85. The molecule has 0 N–H and O–H groups in total. The molecule has 1 aromatic carbocycles. The summed E-state index contributed by atoms with van der Waals surface area (Å²) >= 11 is 0. The van der Waals surface area contributed by atoms with Gasteiger partial charge in [-0.15, -0.1) is 0 Å². The Labute approximate surface area is 145 Å². The topological polar surface area (TPSA) is 41.9 Å². The van der Waals surface area contributed by atoms with Gasteiger partial charge in [0.15, 0.2) is 0 Å². The van der Waals surface area contributed by atoms with Crippen molar-refractivity contribution in [2.45, 2.75) is 40.0 Å². The molecule has 1 amide bonds. The van der Waals surface area contributed by atoms with Crippen molar-refractivity contribution >= 4 is 11.8 Å². The van der Waals surface area contributed by atoms with Crippen molar-refractivity contribution in [1.29, 1.82) is 0 Å². The summed E-state index contributed by atoms with van der Waals surface area (Å²) in [5.74, 6) is 0.647. The Bertz CT molecular complexity index is 532. The van der Waals surface area contributed by atoms with Crippen LogP contribution in [-0.4, -0.2) is 42.9 Å². The van der Waals surface area contributed by atoms with Crippen molar-refractivity contribution in [1.82, 2.24) is 4.90 Å². The lowest BCUT2D eigenvalue weighted by atomic mass is 9.98. The number of ether oxygens (including phenoxy) is 1. The minimum atomic E-state index is -0.460. The minimum Gasteiger partial charge on any atom is -0.448 e. The number of likely N-dealkylation sites (tertiary alicyclic amines) is 1. The highest BCUT2D eigenvalue weighted by Gasteiger charge is 2.20. The van der Waals surface area contributed by atoms with Crippen molar-refractivity contribution in [2.75, 3.05) is 26.2 Å². The zero-order valence-electron chi connectivity index (χ0n) is 15.2. The smallest absolute Gasteiger partial charge is 0.433 e. The molecular formula is C20H30N2O2. The number of carbonyl (C=O) groups excluding carboxylic acids is 1. The largest absolute Gasteiger partial charge is 0.448 e. The van der Waals surface area contributed by atoms with Gasteiger partial charge in [0, 0.05) is 0 Å². The van der Waals surface area contributed by atoms with Gasteiger partial charge in [-0.1, -0.05) is 51.1 Å². The summed E-state index contributed by atoms with van der Waals surface area (Å²) in [6, 6.07) is 9.85. The molecule has 0 aliphatic carbocycles. The lowest BCUT2D eigenvalue weighted by Gasteiger charge is -2.31. The van der Waals surface area contributed by atoms with Crippen LogP contribution in [0.3, 0.4) is 0 Å². The van der Waals surface area contributed by atoms with Gasteiger partial charge >= 0.3 is 6.09 Å². The Kier molecular flexibility index (Phi) is 7.44. The first-order valence-corrected chi connectivity index (χ1v) is 9.13. The van der Waals surface area contributed by atoms with Gasteiger partial charge in [-0.05, 0) is 56.3 Å². The first kappa shape index (κ1) is 18.7. The van der Waals surface area contributed by atoms with Crippen LogP contribution in [0.4, 0.5) is 4.79 Å². The summed E-state index contributed by atoms with van der Waals surface area (Å²) in [6.07, 6.45) is 2.95. The number of hydrogen-bond acceptors (Lipinski definition) is 3. The maximum Gasteiger partial charge on any atom is 0.433 e. The second kappa shape index (κ2) is 9.58. The van der Waals surface area contributed by atoms with Crippen LogP contribution in [0.15, 0.2) is 35.3 Å². The quantitative estimate of drug-likeness (QED) is 0.726. The first-order valence-electron chi connectivity index (χ1n) is 9.13. The second-order valence-corrected chi connectivity index (χ2v) is 6.88. The lowest BCUT2D eigenvalue weighted by Crippen LogP contribution is -2.35. The molecule has 1 heterocycles. The van der Waals surface area contributed by atoms with E-state index in [1.807, 2.05) is 44.2 Å². The molecule has 0 unspecified atom stereocenters. The molecule has 1 fully saturated rings. The first-order chi connectivity index (χ1) is 11.6. The van der Waals surface area contributed by atoms with Gasteiger partial charge in [0.1, 0.15) is 0 Å². The average Bonchev–Trinajstić information content (AvgIpc) is 2.60. The molecule has 0 spiro atoms. The van der Waals surface area contributed by atoms with Crippen molar-refractivity contribution in [3.05, 3.63) is 35.9 Å². The van der Waals surface area contributed by atoms with E-state index >= 15 is 0 Å². The van der Waals surface area contributed by atoms with Crippen molar-refractivity contribution in [2.24, 2.45) is 16.8 Å². The minimum absolute atomic E-state index is 0.178. The van der Waals surface area contributed by atoms with Gasteiger partial charge in [0.05, 0.1) is 12.3 Å². The van der Waals surface area contributed by atoms with Crippen LogP contribution in [0.1, 0.15) is 45.6 Å². The van der Waals surface area contributed by atoms with Crippen LogP contribution < -0.4 is 0 Å². The van der Waals surface area contributed by atoms with Crippen LogP contribution in [0.2, 0.25) is 0 Å². The third kappa shape index (κ3) is 5.75. The Morgan fingerprint density at radius 1 is 1.25 bits per heavy atom. The molecule has 2 rings (SSSR count). The standard InChI is InChI=1S/C20H30N2O2/c1-4-12-22-13-10-17(11-14-22)15-24-20(23)21-19(16(2)3)18-8-6-5-7-9-18/h5-9,16-17H,4,10-15H2,1-3H3/b21-19-. The normalized spacial score (nSPS) is 17.2. The van der Waals surface area contributed by atoms with E-state index in [0.29, 0.717) is 12.5 Å². The van der Waals surface area contributed by atoms with Crippen molar-refractivity contribution < 1.29 is 9.53 Å². The van der Waals surface area contributed by atoms with E-state index in [2.05, 4.69) is 16.8 Å². The Hall–Kier alpha value is -1.68. The molecule has 4 nitrogen and oxygen atoms in total. The predicted molar refractivity (Wildman–Crippen MR) is 98.6 cm³/mol. The molecular weight excluding hydrogens is 300 g/mol. The average molecular weight is 330 g/mol. The molecule has 1 aromatic rings. The van der Waals surface area contributed by atoms with Crippen LogP contribution >= 0.6 is 0 Å². The molecule has 0 bridgehead atoms. The van der Waals surface area contributed by atoms with E-state index in [0.717, 1.165) is 37.2 Å². The van der Waals surface area contributed by atoms with E-state index in [9.17, 15) is 4.79 Å². The zero-order valence-corrected chi connectivity index (χ0v) is 15.2. The number of rotatable bonds is 6. The summed E-state index contributed by atoms with van der Waals surface area (Å²) < 4.78 is 5.43. The molecule has 0 saturated carbocycles. The highest BCUT2D eigenvalue weighted by atomic mass is 16.5. The van der Waals surface area contributed by atoms with Crippen molar-refractivity contribution in [3.63, 3.8) is 0 Å². The lowest BCUT2D eigenvalue weighted by molar-refractivity contribution is 0.103. The van der Waals surface area contributed by atoms with Gasteiger partial charge in [0.25, 0.3) is 0 Å². The number of aliphatic imine (C=N–C) groups is 1. The number of carbonyl (C=O) groups is 1. The summed E-state index contributed by atoms with van der Waals surface area (Å²) in [7, 11) is 0. The molecule has 132 valence electrons. The fourth-order valence-corrected chi connectivity index (χ4v) is 3.15. The molecule has 0 aromatic heterocycles. The van der Waals surface area contributed by atoms with Crippen LogP contribution in [0, 0.1) is 11.8 Å². The van der Waals surface area contributed by atoms with Crippen LogP contribution in [0.5, 0.6) is 0 Å². The molecule has 0 atom stereocenters. The van der Waals surface area contributed by atoms with E-state index in [1.54, 1.807) is 0 Å². The molecule has 1 aliphatic rings. The highest BCUT2D eigenvalue weighted by molar-refractivity contribution is 6.06. The molecule has 1 aliphatic heterocycles. The maximum atomic E-state index is 12.1. The zero-order chi connectivity index (χ0) is 17.4. The van der Waals surface area contributed by atoms with E-state index < -0.39 is 6.09 Å². The highest BCUT2D eigenvalue weighted by Crippen LogP contribution is 2.18. The summed E-state index contributed by atoms with van der Waals surface area (Å²) in [5, 5.41) is 0. The van der Waals surface area contributed by atoms with Gasteiger partial charge in [-0.25, -0.2) is 4.79 Å². The number of piperidine rings is 1. The second-order valence-electron chi connectivity index (χ2n) is 6.88. The summed E-state index contributed by atoms with van der Waals surface area (Å²) in [5.41, 5.74) is 1.77. The monoisotopic (exact) mass is 330 g/mol.